The van der Waals surface area contributed by atoms with E-state index in [4.69, 9.17) is 9.47 Å². The van der Waals surface area contributed by atoms with Gasteiger partial charge in [0.05, 0.1) is 35.6 Å². The van der Waals surface area contributed by atoms with Crippen molar-refractivity contribution in [1.82, 2.24) is 0 Å². The van der Waals surface area contributed by atoms with Crippen molar-refractivity contribution in [2.45, 2.75) is 148 Å². The van der Waals surface area contributed by atoms with Crippen LogP contribution < -0.4 is 0 Å². The highest BCUT2D eigenvalue weighted by molar-refractivity contribution is 5.93. The summed E-state index contributed by atoms with van der Waals surface area (Å²) in [6.45, 7) is 15.6. The summed E-state index contributed by atoms with van der Waals surface area (Å²) in [6.07, 6.45) is 3.56. The minimum Gasteiger partial charge on any atom is -0.507 e. The normalized spacial score (nSPS) is 33.0. The van der Waals surface area contributed by atoms with E-state index in [2.05, 4.69) is 19.0 Å². The summed E-state index contributed by atoms with van der Waals surface area (Å²) in [5.41, 5.74) is -0.429. The molecule has 11 unspecified atom stereocenters. The van der Waals surface area contributed by atoms with Crippen molar-refractivity contribution in [2.24, 2.45) is 28.8 Å². The van der Waals surface area contributed by atoms with Gasteiger partial charge in [-0.1, -0.05) is 58.9 Å². The van der Waals surface area contributed by atoms with Gasteiger partial charge in [0.1, 0.15) is 17.4 Å². The molecule has 2 fully saturated rings. The number of hydrogen-bond acceptors (Lipinski definition) is 8. The van der Waals surface area contributed by atoms with Crippen molar-refractivity contribution < 1.29 is 34.7 Å². The number of aliphatic hydroxyl groups is 2. The third kappa shape index (κ3) is 7.10. The fraction of sp³-hybridized carbons (Fsp3) is 0.794. The number of aryl methyl sites for hydroxylation is 2. The third-order valence-corrected chi connectivity index (χ3v) is 11.0. The maximum Gasteiger partial charge on any atom is 0.339 e. The minimum absolute atomic E-state index is 0.101. The summed E-state index contributed by atoms with van der Waals surface area (Å²) in [4.78, 5) is 24.2. The first-order valence-electron chi connectivity index (χ1n) is 16.3. The van der Waals surface area contributed by atoms with Gasteiger partial charge in [-0.15, -0.1) is 0 Å². The molecule has 9 nitrogen and oxygen atoms in total. The van der Waals surface area contributed by atoms with E-state index in [0.717, 1.165) is 12.8 Å². The average molecular weight is 606 g/mol. The molecule has 0 saturated carbocycles. The van der Waals surface area contributed by atoms with Gasteiger partial charge in [-0.05, 0) is 88.2 Å². The SMILES string of the molecule is CCC(C(N=O)C(C)C(O)C(C)CCc1ccc(C)c(O)c1C(=O)O)C1OC(CC)(C2CCC(O)(CC)C(C)O2)CC1C. The van der Waals surface area contributed by atoms with Crippen molar-refractivity contribution in [2.75, 3.05) is 0 Å². The summed E-state index contributed by atoms with van der Waals surface area (Å²) in [7, 11) is 0. The van der Waals surface area contributed by atoms with Gasteiger partial charge in [-0.2, -0.15) is 4.91 Å². The number of carboxylic acids is 1. The van der Waals surface area contributed by atoms with Crippen LogP contribution in [0.2, 0.25) is 0 Å². The Balaban J connectivity index is 1.73. The summed E-state index contributed by atoms with van der Waals surface area (Å²) >= 11 is 0. The number of ether oxygens (including phenoxy) is 2. The molecule has 0 spiro atoms. The molecular weight excluding hydrogens is 550 g/mol. The molecule has 11 atom stereocenters. The number of phenols is 1. The van der Waals surface area contributed by atoms with E-state index in [0.29, 0.717) is 49.7 Å². The number of aromatic carboxylic acids is 1. The van der Waals surface area contributed by atoms with Gasteiger partial charge in [0.15, 0.2) is 0 Å². The second kappa shape index (κ2) is 14.4. The number of aromatic hydroxyl groups is 1. The van der Waals surface area contributed by atoms with Crippen LogP contribution in [0.5, 0.6) is 5.75 Å². The Morgan fingerprint density at radius 1 is 1.16 bits per heavy atom. The van der Waals surface area contributed by atoms with Gasteiger partial charge in [0.2, 0.25) is 0 Å². The van der Waals surface area contributed by atoms with Crippen LogP contribution in [0.1, 0.15) is 115 Å². The summed E-state index contributed by atoms with van der Waals surface area (Å²) < 4.78 is 13.4. The predicted molar refractivity (Wildman–Crippen MR) is 166 cm³/mol. The largest absolute Gasteiger partial charge is 0.507 e. The van der Waals surface area contributed by atoms with Crippen LogP contribution in [0.4, 0.5) is 0 Å². The lowest BCUT2D eigenvalue weighted by Crippen LogP contribution is -2.55. The number of nitroso groups, excluding NO2 is 1. The molecule has 0 aromatic heterocycles. The van der Waals surface area contributed by atoms with Crippen LogP contribution in [0.3, 0.4) is 0 Å². The fourth-order valence-corrected chi connectivity index (χ4v) is 7.84. The van der Waals surface area contributed by atoms with Crippen LogP contribution in [-0.2, 0) is 15.9 Å². The lowest BCUT2D eigenvalue weighted by Gasteiger charge is -2.47. The molecule has 9 heteroatoms. The second-order valence-electron chi connectivity index (χ2n) is 13.5. The molecule has 0 bridgehead atoms. The topological polar surface area (TPSA) is 146 Å². The van der Waals surface area contributed by atoms with E-state index in [9.17, 15) is 30.1 Å². The van der Waals surface area contributed by atoms with Crippen LogP contribution in [0, 0.1) is 35.5 Å². The highest BCUT2D eigenvalue weighted by Crippen LogP contribution is 2.49. The fourth-order valence-electron chi connectivity index (χ4n) is 7.84. The van der Waals surface area contributed by atoms with E-state index in [1.807, 2.05) is 34.6 Å². The Kier molecular flexibility index (Phi) is 11.8. The molecule has 1 aromatic carbocycles. The molecule has 4 N–H and O–H groups in total. The second-order valence-corrected chi connectivity index (χ2v) is 13.5. The zero-order valence-electron chi connectivity index (χ0n) is 27.4. The first-order valence-corrected chi connectivity index (χ1v) is 16.3. The molecule has 43 heavy (non-hydrogen) atoms. The molecule has 2 aliphatic rings. The zero-order valence-corrected chi connectivity index (χ0v) is 27.4. The lowest BCUT2D eigenvalue weighted by atomic mass is 9.74. The van der Waals surface area contributed by atoms with Gasteiger partial charge < -0.3 is 29.9 Å². The van der Waals surface area contributed by atoms with Gasteiger partial charge in [0.25, 0.3) is 0 Å². The van der Waals surface area contributed by atoms with Gasteiger partial charge in [-0.3, -0.25) is 0 Å². The number of hydrogen-bond donors (Lipinski definition) is 4. The molecule has 1 aromatic rings. The maximum atomic E-state index is 12.4. The van der Waals surface area contributed by atoms with Crippen LogP contribution in [0.15, 0.2) is 17.3 Å². The van der Waals surface area contributed by atoms with Crippen molar-refractivity contribution in [1.29, 1.82) is 0 Å². The smallest absolute Gasteiger partial charge is 0.339 e. The van der Waals surface area contributed by atoms with Gasteiger partial charge in [-0.25, -0.2) is 4.79 Å². The molecule has 0 radical (unpaired) electrons. The van der Waals surface area contributed by atoms with E-state index in [1.165, 1.54) is 0 Å². The Hall–Kier alpha value is -2.07. The molecule has 2 heterocycles. The van der Waals surface area contributed by atoms with Crippen LogP contribution >= 0.6 is 0 Å². The molecule has 0 amide bonds. The van der Waals surface area contributed by atoms with Crippen molar-refractivity contribution >= 4 is 5.97 Å². The number of nitrogens with zero attached hydrogens (tertiary/aromatic N) is 1. The Morgan fingerprint density at radius 3 is 2.37 bits per heavy atom. The number of rotatable bonds is 14. The number of carbonyl (C=O) groups is 1. The third-order valence-electron chi connectivity index (χ3n) is 11.0. The van der Waals surface area contributed by atoms with Gasteiger partial charge in [0, 0.05) is 11.8 Å². The lowest BCUT2D eigenvalue weighted by molar-refractivity contribution is -0.230. The van der Waals surface area contributed by atoms with Crippen LogP contribution in [0.25, 0.3) is 0 Å². The first kappa shape index (κ1) is 35.4. The Morgan fingerprint density at radius 2 is 1.84 bits per heavy atom. The number of benzene rings is 1. The van der Waals surface area contributed by atoms with E-state index < -0.39 is 35.2 Å². The highest BCUT2D eigenvalue weighted by Gasteiger charge is 2.55. The minimum atomic E-state index is -1.18. The van der Waals surface area contributed by atoms with Crippen molar-refractivity contribution in [3.8, 4) is 5.75 Å². The van der Waals surface area contributed by atoms with E-state index in [-0.39, 0.29) is 47.4 Å². The summed E-state index contributed by atoms with van der Waals surface area (Å²) in [6, 6.07) is 2.74. The van der Waals surface area contributed by atoms with E-state index in [1.54, 1.807) is 19.1 Å². The predicted octanol–water partition coefficient (Wildman–Crippen LogP) is 6.41. The van der Waals surface area contributed by atoms with Crippen LogP contribution in [-0.4, -0.2) is 68.1 Å². The Bertz CT molecular complexity index is 1110. The van der Waals surface area contributed by atoms with E-state index >= 15 is 0 Å². The summed E-state index contributed by atoms with van der Waals surface area (Å²) in [5, 5.41) is 45.9. The molecule has 2 saturated heterocycles. The molecule has 2 aliphatic heterocycles. The molecule has 0 aliphatic carbocycles. The van der Waals surface area contributed by atoms with Gasteiger partial charge >= 0.3 is 5.97 Å². The van der Waals surface area contributed by atoms with Crippen molar-refractivity contribution in [3.63, 3.8) is 0 Å². The molecule has 3 rings (SSSR count). The average Bonchev–Trinajstić information content (AvgIpc) is 3.33. The monoisotopic (exact) mass is 605 g/mol. The maximum absolute atomic E-state index is 12.4. The Labute approximate surface area is 257 Å². The number of aliphatic hydroxyl groups excluding tert-OH is 1. The van der Waals surface area contributed by atoms with Crippen molar-refractivity contribution in [3.05, 3.63) is 33.7 Å². The summed E-state index contributed by atoms with van der Waals surface area (Å²) in [5.74, 6) is -2.14. The quantitative estimate of drug-likeness (QED) is 0.178. The highest BCUT2D eigenvalue weighted by atomic mass is 16.6. The molecular formula is C34H55NO8. The zero-order chi connectivity index (χ0) is 32.3. The number of carboxylic acid groups (broad SMARTS) is 1. The first-order chi connectivity index (χ1) is 20.2. The standard InChI is InChI=1S/C34H55NO8/c1-9-25(31-21(6)18-34(11-3,43-31)26-16-17-33(40,10-2)23(8)42-26)28(35-41)22(7)29(36)19(4)12-14-24-15-13-20(5)30(37)27(24)32(38)39/h13,15,19,21-23,25-26,28-29,31,36-37,40H,9-12,14,16-18H2,1-8H3,(H,38,39). The molecule has 244 valence electrons.